The summed E-state index contributed by atoms with van der Waals surface area (Å²) < 4.78 is 39.4. The molecule has 142 valence electrons. The van der Waals surface area contributed by atoms with Crippen LogP contribution in [0.2, 0.25) is 0 Å². The molecule has 0 unspecified atom stereocenters. The number of carbonyl (C=O) groups excluding carboxylic acids is 1. The summed E-state index contributed by atoms with van der Waals surface area (Å²) in [6.07, 6.45) is -3.31. The third kappa shape index (κ3) is 3.23. The first-order chi connectivity index (χ1) is 12.8. The molecule has 0 bridgehead atoms. The first-order valence-electron chi connectivity index (χ1n) is 9.09. The van der Waals surface area contributed by atoms with Gasteiger partial charge in [-0.25, -0.2) is 0 Å². The smallest absolute Gasteiger partial charge is 0.334 e. The quantitative estimate of drug-likeness (QED) is 0.879. The summed E-state index contributed by atoms with van der Waals surface area (Å²) in [5.74, 6) is 0.844. The van der Waals surface area contributed by atoms with Crippen LogP contribution in [0.25, 0.3) is 11.1 Å². The fraction of sp³-hybridized carbons (Fsp3) is 0.381. The van der Waals surface area contributed by atoms with Crippen LogP contribution in [-0.2, 0) is 6.18 Å². The highest BCUT2D eigenvalue weighted by molar-refractivity contribution is 6.01. The van der Waals surface area contributed by atoms with Crippen LogP contribution in [0, 0.1) is 18.8 Å². The standard InChI is InChI=1S/C21H21F3N2O/c1-12-5-6-16(20(27)26-11-14-9-18(14)19(26)10-25)17(7-12)13-3-2-4-15(8-13)21(22,23)24/h2-8,14,18-19H,9-11,25H2,1H3/t14-,18-,19-/m1/s1. The van der Waals surface area contributed by atoms with Gasteiger partial charge in [0.05, 0.1) is 5.56 Å². The molecule has 2 aromatic carbocycles. The molecule has 1 aliphatic heterocycles. The molecule has 27 heavy (non-hydrogen) atoms. The SMILES string of the molecule is Cc1ccc(C(=O)N2C[C@H]3C[C@H]3[C@H]2CN)c(-c2cccc(C(F)(F)F)c2)c1. The molecule has 3 nitrogen and oxygen atoms in total. The minimum absolute atomic E-state index is 0.0261. The third-order valence-electron chi connectivity index (χ3n) is 5.71. The van der Waals surface area contributed by atoms with Crippen molar-refractivity contribution in [3.05, 3.63) is 59.2 Å². The molecule has 1 saturated heterocycles. The molecule has 0 aromatic heterocycles. The highest BCUT2D eigenvalue weighted by Crippen LogP contribution is 2.49. The van der Waals surface area contributed by atoms with E-state index in [0.717, 1.165) is 24.1 Å². The number of benzene rings is 2. The number of fused-ring (bicyclic) bond motifs is 1. The van der Waals surface area contributed by atoms with Gasteiger partial charge in [0, 0.05) is 24.7 Å². The van der Waals surface area contributed by atoms with Gasteiger partial charge in [0.25, 0.3) is 5.91 Å². The number of hydrogen-bond donors (Lipinski definition) is 1. The van der Waals surface area contributed by atoms with Crippen LogP contribution in [0.3, 0.4) is 0 Å². The minimum atomic E-state index is -4.43. The predicted octanol–water partition coefficient (Wildman–Crippen LogP) is 4.10. The number of piperidine rings is 1. The van der Waals surface area contributed by atoms with Crippen LogP contribution in [-0.4, -0.2) is 29.9 Å². The largest absolute Gasteiger partial charge is 0.416 e. The van der Waals surface area contributed by atoms with Crippen LogP contribution in [0.5, 0.6) is 0 Å². The third-order valence-corrected chi connectivity index (χ3v) is 5.71. The van der Waals surface area contributed by atoms with Gasteiger partial charge in [-0.3, -0.25) is 4.79 Å². The minimum Gasteiger partial charge on any atom is -0.334 e. The first-order valence-corrected chi connectivity index (χ1v) is 9.09. The summed E-state index contributed by atoms with van der Waals surface area (Å²) in [5, 5.41) is 0. The fourth-order valence-corrected chi connectivity index (χ4v) is 4.21. The van der Waals surface area contributed by atoms with E-state index < -0.39 is 11.7 Å². The van der Waals surface area contributed by atoms with Gasteiger partial charge in [0.1, 0.15) is 0 Å². The van der Waals surface area contributed by atoms with Gasteiger partial charge >= 0.3 is 6.18 Å². The molecular formula is C21H21F3N2O. The number of amides is 1. The normalized spacial score (nSPS) is 24.0. The lowest BCUT2D eigenvalue weighted by atomic mass is 9.95. The maximum atomic E-state index is 13.2. The van der Waals surface area contributed by atoms with Crippen molar-refractivity contribution in [2.45, 2.75) is 25.6 Å². The van der Waals surface area contributed by atoms with E-state index in [-0.39, 0.29) is 11.9 Å². The first kappa shape index (κ1) is 18.0. The van der Waals surface area contributed by atoms with E-state index in [1.807, 2.05) is 13.0 Å². The molecule has 2 aliphatic rings. The Labute approximate surface area is 156 Å². The molecule has 2 N–H and O–H groups in total. The zero-order valence-corrected chi connectivity index (χ0v) is 15.0. The summed E-state index contributed by atoms with van der Waals surface area (Å²) in [6, 6.07) is 10.5. The van der Waals surface area contributed by atoms with E-state index in [9.17, 15) is 18.0 Å². The number of rotatable bonds is 3. The van der Waals surface area contributed by atoms with E-state index in [1.54, 1.807) is 23.1 Å². The monoisotopic (exact) mass is 374 g/mol. The molecule has 1 amide bonds. The Morgan fingerprint density at radius 3 is 2.70 bits per heavy atom. The van der Waals surface area contributed by atoms with Crippen molar-refractivity contribution in [3.8, 4) is 11.1 Å². The van der Waals surface area contributed by atoms with Crippen LogP contribution >= 0.6 is 0 Å². The molecular weight excluding hydrogens is 353 g/mol. The van der Waals surface area contributed by atoms with Gasteiger partial charge in [0.15, 0.2) is 0 Å². The van der Waals surface area contributed by atoms with E-state index in [0.29, 0.717) is 41.6 Å². The molecule has 1 heterocycles. The molecule has 2 fully saturated rings. The molecule has 4 rings (SSSR count). The second-order valence-electron chi connectivity index (χ2n) is 7.55. The van der Waals surface area contributed by atoms with Crippen LogP contribution < -0.4 is 5.73 Å². The molecule has 0 radical (unpaired) electrons. The van der Waals surface area contributed by atoms with Crippen molar-refractivity contribution in [1.29, 1.82) is 0 Å². The van der Waals surface area contributed by atoms with Gasteiger partial charge in [-0.05, 0) is 54.5 Å². The fourth-order valence-electron chi connectivity index (χ4n) is 4.21. The van der Waals surface area contributed by atoms with Crippen LogP contribution in [0.4, 0.5) is 13.2 Å². The van der Waals surface area contributed by atoms with Gasteiger partial charge in [-0.2, -0.15) is 13.2 Å². The number of nitrogens with zero attached hydrogens (tertiary/aromatic N) is 1. The Balaban J connectivity index is 1.75. The summed E-state index contributed by atoms with van der Waals surface area (Å²) in [6.45, 7) is 2.96. The van der Waals surface area contributed by atoms with E-state index in [4.69, 9.17) is 5.73 Å². The zero-order chi connectivity index (χ0) is 19.3. The van der Waals surface area contributed by atoms with E-state index in [2.05, 4.69) is 0 Å². The van der Waals surface area contributed by atoms with Gasteiger partial charge in [0.2, 0.25) is 0 Å². The number of nitrogens with two attached hydrogens (primary N) is 1. The summed E-state index contributed by atoms with van der Waals surface area (Å²) in [4.78, 5) is 15.0. The van der Waals surface area contributed by atoms with Crippen molar-refractivity contribution >= 4 is 5.91 Å². The maximum absolute atomic E-state index is 13.2. The van der Waals surface area contributed by atoms with Crippen molar-refractivity contribution in [1.82, 2.24) is 4.90 Å². The molecule has 0 spiro atoms. The van der Waals surface area contributed by atoms with Crippen LogP contribution in [0.1, 0.15) is 27.9 Å². The molecule has 2 aromatic rings. The number of carbonyl (C=O) groups is 1. The van der Waals surface area contributed by atoms with E-state index >= 15 is 0 Å². The predicted molar refractivity (Wildman–Crippen MR) is 97.1 cm³/mol. The Kier molecular flexibility index (Phi) is 4.26. The lowest BCUT2D eigenvalue weighted by Gasteiger charge is -2.27. The Hall–Kier alpha value is -2.34. The average Bonchev–Trinajstić information content (AvgIpc) is 3.31. The van der Waals surface area contributed by atoms with Crippen LogP contribution in [0.15, 0.2) is 42.5 Å². The summed E-state index contributed by atoms with van der Waals surface area (Å²) in [5.41, 5.74) is 7.40. The van der Waals surface area contributed by atoms with Gasteiger partial charge < -0.3 is 10.6 Å². The maximum Gasteiger partial charge on any atom is 0.416 e. The Bertz CT molecular complexity index is 893. The Morgan fingerprint density at radius 2 is 2.00 bits per heavy atom. The average molecular weight is 374 g/mol. The van der Waals surface area contributed by atoms with Crippen molar-refractivity contribution in [3.63, 3.8) is 0 Å². The van der Waals surface area contributed by atoms with Gasteiger partial charge in [-0.1, -0.05) is 29.8 Å². The number of alkyl halides is 3. The second-order valence-corrected chi connectivity index (χ2v) is 7.55. The zero-order valence-electron chi connectivity index (χ0n) is 15.0. The summed E-state index contributed by atoms with van der Waals surface area (Å²) in [7, 11) is 0. The number of halogens is 3. The van der Waals surface area contributed by atoms with Gasteiger partial charge in [-0.15, -0.1) is 0 Å². The lowest BCUT2D eigenvalue weighted by molar-refractivity contribution is -0.137. The van der Waals surface area contributed by atoms with Crippen molar-refractivity contribution in [2.75, 3.05) is 13.1 Å². The summed E-state index contributed by atoms with van der Waals surface area (Å²) >= 11 is 0. The number of likely N-dealkylation sites (tertiary alicyclic amines) is 1. The second kappa shape index (κ2) is 6.37. The molecule has 3 atom stereocenters. The lowest BCUT2D eigenvalue weighted by Crippen LogP contribution is -2.43. The molecule has 6 heteroatoms. The topological polar surface area (TPSA) is 46.3 Å². The highest BCUT2D eigenvalue weighted by atomic mass is 19.4. The number of aryl methyl sites for hydroxylation is 1. The molecule has 1 aliphatic carbocycles. The highest BCUT2D eigenvalue weighted by Gasteiger charge is 2.53. The molecule has 1 saturated carbocycles. The van der Waals surface area contributed by atoms with E-state index in [1.165, 1.54) is 6.07 Å². The van der Waals surface area contributed by atoms with Crippen molar-refractivity contribution < 1.29 is 18.0 Å². The Morgan fingerprint density at radius 1 is 1.22 bits per heavy atom. The number of hydrogen-bond acceptors (Lipinski definition) is 2. The van der Waals surface area contributed by atoms with Crippen molar-refractivity contribution in [2.24, 2.45) is 17.6 Å².